The van der Waals surface area contributed by atoms with Crippen LogP contribution in [-0.4, -0.2) is 25.0 Å². The topological polar surface area (TPSA) is 29.5 Å². The monoisotopic (exact) mass is 197 g/mol. The lowest BCUT2D eigenvalue weighted by Crippen LogP contribution is -2.08. The summed E-state index contributed by atoms with van der Waals surface area (Å²) < 4.78 is 4.66. The molecule has 1 aliphatic rings. The molecule has 70 valence electrons. The molecule has 0 N–H and O–H groups in total. The smallest absolute Gasteiger partial charge is 0.348 e. The highest BCUT2D eigenvalue weighted by molar-refractivity contribution is 7.14. The summed E-state index contributed by atoms with van der Waals surface area (Å²) >= 11 is 1.54. The van der Waals surface area contributed by atoms with Crippen LogP contribution in [0.2, 0.25) is 0 Å². The zero-order valence-electron chi connectivity index (χ0n) is 7.66. The third kappa shape index (κ3) is 1.47. The maximum absolute atomic E-state index is 11.2. The third-order valence-corrected chi connectivity index (χ3v) is 3.28. The molecule has 1 aliphatic heterocycles. The van der Waals surface area contributed by atoms with Crippen LogP contribution < -0.4 is 0 Å². The van der Waals surface area contributed by atoms with E-state index in [9.17, 15) is 4.79 Å². The van der Waals surface area contributed by atoms with Crippen LogP contribution in [0.1, 0.15) is 20.1 Å². The van der Waals surface area contributed by atoms with Gasteiger partial charge >= 0.3 is 5.97 Å². The largest absolute Gasteiger partial charge is 0.465 e. The van der Waals surface area contributed by atoms with Gasteiger partial charge in [-0.05, 0) is 18.7 Å². The Morgan fingerprint density at radius 3 is 3.00 bits per heavy atom. The summed E-state index contributed by atoms with van der Waals surface area (Å²) in [5.74, 6) is -0.220. The first-order valence-electron chi connectivity index (χ1n) is 4.09. The first-order valence-corrected chi connectivity index (χ1v) is 4.91. The molecule has 0 atom stereocenters. The zero-order chi connectivity index (χ0) is 9.42. The van der Waals surface area contributed by atoms with Gasteiger partial charge in [0, 0.05) is 18.0 Å². The predicted molar refractivity (Wildman–Crippen MR) is 50.8 cm³/mol. The second-order valence-corrected chi connectivity index (χ2v) is 4.36. The maximum atomic E-state index is 11.2. The van der Waals surface area contributed by atoms with Crippen molar-refractivity contribution in [2.75, 3.05) is 14.2 Å². The van der Waals surface area contributed by atoms with E-state index < -0.39 is 0 Å². The van der Waals surface area contributed by atoms with Crippen molar-refractivity contribution >= 4 is 17.3 Å². The van der Waals surface area contributed by atoms with Crippen LogP contribution >= 0.6 is 11.3 Å². The van der Waals surface area contributed by atoms with Crippen LogP contribution in [0.25, 0.3) is 0 Å². The van der Waals surface area contributed by atoms with Gasteiger partial charge in [0.15, 0.2) is 0 Å². The first kappa shape index (κ1) is 8.72. The molecule has 13 heavy (non-hydrogen) atoms. The lowest BCUT2D eigenvalue weighted by molar-refractivity contribution is 0.0606. The van der Waals surface area contributed by atoms with Crippen molar-refractivity contribution in [3.05, 3.63) is 21.4 Å². The van der Waals surface area contributed by atoms with Crippen LogP contribution in [0.3, 0.4) is 0 Å². The molecule has 0 bridgehead atoms. The van der Waals surface area contributed by atoms with E-state index >= 15 is 0 Å². The van der Waals surface area contributed by atoms with E-state index in [2.05, 4.69) is 16.7 Å². The predicted octanol–water partition coefficient (Wildman–Crippen LogP) is 1.48. The van der Waals surface area contributed by atoms with Crippen LogP contribution in [0.4, 0.5) is 0 Å². The van der Waals surface area contributed by atoms with Crippen LogP contribution in [0.5, 0.6) is 0 Å². The minimum absolute atomic E-state index is 0.220. The number of thiophene rings is 1. The van der Waals surface area contributed by atoms with E-state index in [1.54, 1.807) is 11.3 Å². The van der Waals surface area contributed by atoms with Gasteiger partial charge in [-0.2, -0.15) is 0 Å². The molecule has 0 fully saturated rings. The van der Waals surface area contributed by atoms with Gasteiger partial charge in [0.2, 0.25) is 0 Å². The number of hydrogen-bond acceptors (Lipinski definition) is 4. The van der Waals surface area contributed by atoms with Crippen LogP contribution in [0, 0.1) is 0 Å². The van der Waals surface area contributed by atoms with Crippen molar-refractivity contribution in [2.24, 2.45) is 0 Å². The Balaban J connectivity index is 2.26. The summed E-state index contributed by atoms with van der Waals surface area (Å²) in [5, 5.41) is 0. The quantitative estimate of drug-likeness (QED) is 0.639. The Hall–Kier alpha value is -0.870. The number of nitrogens with zero attached hydrogens (tertiary/aromatic N) is 1. The molecule has 0 unspecified atom stereocenters. The molecule has 0 saturated heterocycles. The van der Waals surface area contributed by atoms with E-state index in [4.69, 9.17) is 0 Å². The highest BCUT2D eigenvalue weighted by Gasteiger charge is 2.21. The number of hydrogen-bond donors (Lipinski definition) is 0. The summed E-state index contributed by atoms with van der Waals surface area (Å²) in [4.78, 5) is 15.4. The van der Waals surface area contributed by atoms with Gasteiger partial charge in [0.1, 0.15) is 4.88 Å². The molecular weight excluding hydrogens is 186 g/mol. The van der Waals surface area contributed by atoms with Gasteiger partial charge in [-0.1, -0.05) is 0 Å². The number of ether oxygens (including phenoxy) is 1. The fourth-order valence-electron chi connectivity index (χ4n) is 1.53. The van der Waals surface area contributed by atoms with Crippen molar-refractivity contribution in [3.63, 3.8) is 0 Å². The minimum Gasteiger partial charge on any atom is -0.465 e. The molecule has 0 spiro atoms. The Labute approximate surface area is 80.9 Å². The molecule has 2 rings (SSSR count). The second kappa shape index (κ2) is 3.12. The third-order valence-electron chi connectivity index (χ3n) is 2.14. The number of carbonyl (C=O) groups excluding carboxylic acids is 1. The number of fused-ring (bicyclic) bond motifs is 1. The SMILES string of the molecule is COC(=O)c1cc2c(s1)CN(C)C2. The maximum Gasteiger partial charge on any atom is 0.348 e. The van der Waals surface area contributed by atoms with Crippen molar-refractivity contribution in [1.82, 2.24) is 4.90 Å². The Morgan fingerprint density at radius 2 is 2.38 bits per heavy atom. The summed E-state index contributed by atoms with van der Waals surface area (Å²) in [6.45, 7) is 1.90. The van der Waals surface area contributed by atoms with Gasteiger partial charge in [-0.25, -0.2) is 4.79 Å². The van der Waals surface area contributed by atoms with Crippen molar-refractivity contribution in [3.8, 4) is 0 Å². The van der Waals surface area contributed by atoms with Crippen LogP contribution in [0.15, 0.2) is 6.07 Å². The van der Waals surface area contributed by atoms with Gasteiger partial charge in [-0.15, -0.1) is 11.3 Å². The van der Waals surface area contributed by atoms with Crippen molar-refractivity contribution in [2.45, 2.75) is 13.1 Å². The second-order valence-electron chi connectivity index (χ2n) is 3.22. The summed E-state index contributed by atoms with van der Waals surface area (Å²) in [6, 6.07) is 1.94. The van der Waals surface area contributed by atoms with Gasteiger partial charge < -0.3 is 4.74 Å². The Morgan fingerprint density at radius 1 is 1.62 bits per heavy atom. The highest BCUT2D eigenvalue weighted by Crippen LogP contribution is 2.30. The minimum atomic E-state index is -0.220. The highest BCUT2D eigenvalue weighted by atomic mass is 32.1. The standard InChI is InChI=1S/C9H11NO2S/c1-10-4-6-3-7(9(11)12-2)13-8(6)5-10/h3H,4-5H2,1-2H3. The molecular formula is C9H11NO2S. The average Bonchev–Trinajstić information content (AvgIpc) is 2.59. The summed E-state index contributed by atoms with van der Waals surface area (Å²) in [7, 11) is 3.49. The number of carbonyl (C=O) groups is 1. The normalized spacial score (nSPS) is 15.8. The Kier molecular flexibility index (Phi) is 2.09. The van der Waals surface area contributed by atoms with E-state index in [0.29, 0.717) is 0 Å². The first-order chi connectivity index (χ1) is 6.20. The van der Waals surface area contributed by atoms with Crippen LogP contribution in [-0.2, 0) is 17.8 Å². The lowest BCUT2D eigenvalue weighted by atomic mass is 10.3. The van der Waals surface area contributed by atoms with E-state index in [-0.39, 0.29) is 5.97 Å². The molecule has 2 heterocycles. The van der Waals surface area contributed by atoms with E-state index in [1.165, 1.54) is 17.6 Å². The molecule has 1 aromatic rings. The fraction of sp³-hybridized carbons (Fsp3) is 0.444. The number of esters is 1. The van der Waals surface area contributed by atoms with Gasteiger partial charge in [-0.3, -0.25) is 4.90 Å². The molecule has 3 nitrogen and oxygen atoms in total. The van der Waals surface area contributed by atoms with E-state index in [0.717, 1.165) is 18.0 Å². The molecule has 1 aromatic heterocycles. The van der Waals surface area contributed by atoms with Gasteiger partial charge in [0.25, 0.3) is 0 Å². The zero-order valence-corrected chi connectivity index (χ0v) is 8.48. The molecule has 0 aliphatic carbocycles. The molecule has 0 amide bonds. The van der Waals surface area contributed by atoms with Crippen molar-refractivity contribution in [1.29, 1.82) is 0 Å². The molecule has 4 heteroatoms. The average molecular weight is 197 g/mol. The van der Waals surface area contributed by atoms with Gasteiger partial charge in [0.05, 0.1) is 7.11 Å². The fourth-order valence-corrected chi connectivity index (χ4v) is 2.70. The van der Waals surface area contributed by atoms with E-state index in [1.807, 2.05) is 6.07 Å². The van der Waals surface area contributed by atoms with Crippen molar-refractivity contribution < 1.29 is 9.53 Å². The number of rotatable bonds is 1. The Bertz CT molecular complexity index is 322. The lowest BCUT2D eigenvalue weighted by Gasteiger charge is -2.04. The molecule has 0 radical (unpaired) electrons. The number of methoxy groups -OCH3 is 1. The molecule has 0 saturated carbocycles. The summed E-state index contributed by atoms with van der Waals surface area (Å²) in [5.41, 5.74) is 1.27. The summed E-state index contributed by atoms with van der Waals surface area (Å²) in [6.07, 6.45) is 0. The molecule has 0 aromatic carbocycles.